The molecule has 0 amide bonds. The van der Waals surface area contributed by atoms with E-state index in [0.717, 1.165) is 37.3 Å². The Labute approximate surface area is 168 Å². The molecule has 0 atom stereocenters. The number of alkyl halides is 3. The zero-order valence-corrected chi connectivity index (χ0v) is 15.8. The number of nitrogens with one attached hydrogen (secondary N) is 1. The Hall–Kier alpha value is -3.15. The van der Waals surface area contributed by atoms with Gasteiger partial charge in [-0.05, 0) is 54.3 Å². The number of rotatable bonds is 1. The number of benzene rings is 3. The van der Waals surface area contributed by atoms with Gasteiger partial charge in [0, 0.05) is 24.5 Å². The van der Waals surface area contributed by atoms with Crippen molar-refractivity contribution in [2.24, 2.45) is 0 Å². The summed E-state index contributed by atoms with van der Waals surface area (Å²) in [6, 6.07) is 19.8. The van der Waals surface area contributed by atoms with Gasteiger partial charge in [-0.1, -0.05) is 36.4 Å². The molecule has 29 heavy (non-hydrogen) atoms. The van der Waals surface area contributed by atoms with Gasteiger partial charge in [0.1, 0.15) is 0 Å². The highest BCUT2D eigenvalue weighted by Crippen LogP contribution is 2.39. The number of nitrogens with zero attached hydrogens (tertiary/aromatic N) is 1. The monoisotopic (exact) mass is 397 g/mol. The van der Waals surface area contributed by atoms with E-state index >= 15 is 0 Å². The summed E-state index contributed by atoms with van der Waals surface area (Å²) in [5.74, 6) is 0. The third-order valence-corrected chi connectivity index (χ3v) is 5.26. The van der Waals surface area contributed by atoms with Crippen molar-refractivity contribution >= 4 is 22.7 Å². The van der Waals surface area contributed by atoms with Crippen molar-refractivity contribution in [1.82, 2.24) is 0 Å². The summed E-state index contributed by atoms with van der Waals surface area (Å²) in [6.07, 6.45) is -2.30. The van der Waals surface area contributed by atoms with Gasteiger partial charge in [-0.15, -0.1) is 0 Å². The molecule has 2 heterocycles. The average molecular weight is 397 g/mol. The number of halogens is 3. The van der Waals surface area contributed by atoms with Gasteiger partial charge in [0.05, 0.1) is 16.9 Å². The molecule has 0 bridgehead atoms. The van der Waals surface area contributed by atoms with Gasteiger partial charge in [-0.3, -0.25) is 0 Å². The Morgan fingerprint density at radius 3 is 2.28 bits per heavy atom. The van der Waals surface area contributed by atoms with Crippen LogP contribution in [0.4, 0.5) is 35.9 Å². The lowest BCUT2D eigenvalue weighted by Crippen LogP contribution is -2.16. The van der Waals surface area contributed by atoms with Gasteiger partial charge in [0.15, 0.2) is 0 Å². The predicted octanol–water partition coefficient (Wildman–Crippen LogP) is 5.64. The molecule has 0 spiro atoms. The molecule has 0 aromatic heterocycles. The summed E-state index contributed by atoms with van der Waals surface area (Å²) in [7, 11) is 0. The van der Waals surface area contributed by atoms with Crippen LogP contribution in [0.2, 0.25) is 0 Å². The molecule has 3 nitrogen and oxygen atoms in total. The summed E-state index contributed by atoms with van der Waals surface area (Å²) in [4.78, 5) is 1.96. The minimum absolute atomic E-state index is 0.150. The molecule has 3 aromatic rings. The first-order valence-corrected chi connectivity index (χ1v) is 9.57. The second-order valence-corrected chi connectivity index (χ2v) is 7.14. The average Bonchev–Trinajstić information content (AvgIpc) is 3.35. The van der Waals surface area contributed by atoms with Crippen LogP contribution in [0.15, 0.2) is 66.7 Å². The Morgan fingerprint density at radius 1 is 0.828 bits per heavy atom. The van der Waals surface area contributed by atoms with Gasteiger partial charge in [-0.25, -0.2) is 0 Å². The fourth-order valence-corrected chi connectivity index (χ4v) is 3.81. The molecule has 0 saturated heterocycles. The first kappa shape index (κ1) is 19.2. The minimum Gasteiger partial charge on any atom is -0.397 e. The molecule has 2 aliphatic heterocycles. The SMILES string of the molecule is Nc1cc(C(F)(F)F)ccc1N1CCc2ccccc21.c1ccc2c(c1)CCN2. The van der Waals surface area contributed by atoms with E-state index in [1.165, 1.54) is 29.3 Å². The van der Waals surface area contributed by atoms with Crippen molar-refractivity contribution in [3.63, 3.8) is 0 Å². The standard InChI is InChI=1S/C15H13F3N2.C8H9N/c16-15(17,18)11-5-6-14(12(19)9-11)20-8-7-10-3-1-2-4-13(10)20;1-2-4-8-7(3-1)5-6-9-8/h1-6,9H,7-8,19H2;1-4,9H,5-6H2. The van der Waals surface area contributed by atoms with Crippen LogP contribution in [0.5, 0.6) is 0 Å². The maximum absolute atomic E-state index is 12.6. The molecule has 0 aliphatic carbocycles. The van der Waals surface area contributed by atoms with Gasteiger partial charge < -0.3 is 16.0 Å². The van der Waals surface area contributed by atoms with Crippen LogP contribution in [0.25, 0.3) is 0 Å². The summed E-state index contributed by atoms with van der Waals surface area (Å²) in [5.41, 5.74) is 10.8. The van der Waals surface area contributed by atoms with Crippen LogP contribution < -0.4 is 16.0 Å². The van der Waals surface area contributed by atoms with Crippen LogP contribution in [0.3, 0.4) is 0 Å². The Morgan fingerprint density at radius 2 is 1.55 bits per heavy atom. The maximum Gasteiger partial charge on any atom is 0.416 e. The van der Waals surface area contributed by atoms with E-state index < -0.39 is 11.7 Å². The van der Waals surface area contributed by atoms with Gasteiger partial charge in [0.25, 0.3) is 0 Å². The zero-order valence-electron chi connectivity index (χ0n) is 15.8. The van der Waals surface area contributed by atoms with Crippen molar-refractivity contribution in [2.45, 2.75) is 19.0 Å². The van der Waals surface area contributed by atoms with Gasteiger partial charge in [-0.2, -0.15) is 13.2 Å². The molecule has 0 radical (unpaired) electrons. The van der Waals surface area contributed by atoms with Crippen LogP contribution in [-0.2, 0) is 19.0 Å². The zero-order chi connectivity index (χ0) is 20.4. The summed E-state index contributed by atoms with van der Waals surface area (Å²) in [5, 5.41) is 3.30. The second kappa shape index (κ2) is 7.70. The van der Waals surface area contributed by atoms with Crippen LogP contribution >= 0.6 is 0 Å². The van der Waals surface area contributed by atoms with Crippen molar-refractivity contribution in [3.05, 3.63) is 83.4 Å². The third kappa shape index (κ3) is 4.01. The van der Waals surface area contributed by atoms with E-state index in [1.807, 2.05) is 29.2 Å². The second-order valence-electron chi connectivity index (χ2n) is 7.14. The molecule has 0 saturated carbocycles. The Bertz CT molecular complexity index is 991. The molecule has 3 aromatic carbocycles. The number of fused-ring (bicyclic) bond motifs is 2. The largest absolute Gasteiger partial charge is 0.416 e. The van der Waals surface area contributed by atoms with Crippen molar-refractivity contribution < 1.29 is 13.2 Å². The molecule has 150 valence electrons. The lowest BCUT2D eigenvalue weighted by Gasteiger charge is -2.22. The van der Waals surface area contributed by atoms with Crippen molar-refractivity contribution in [1.29, 1.82) is 0 Å². The molecule has 3 N–H and O–H groups in total. The third-order valence-electron chi connectivity index (χ3n) is 5.26. The molecule has 0 fully saturated rings. The van der Waals surface area contributed by atoms with E-state index in [4.69, 9.17) is 5.73 Å². The van der Waals surface area contributed by atoms with Crippen LogP contribution in [0.1, 0.15) is 16.7 Å². The minimum atomic E-state index is -4.37. The molecule has 0 unspecified atom stereocenters. The molecule has 6 heteroatoms. The first-order chi connectivity index (χ1) is 13.9. The Kier molecular flexibility index (Phi) is 5.09. The van der Waals surface area contributed by atoms with E-state index in [0.29, 0.717) is 5.69 Å². The highest BCUT2D eigenvalue weighted by atomic mass is 19.4. The lowest BCUT2D eigenvalue weighted by molar-refractivity contribution is -0.137. The molecular formula is C23H22F3N3. The molecule has 2 aliphatic rings. The fraction of sp³-hybridized carbons (Fsp3) is 0.217. The lowest BCUT2D eigenvalue weighted by atomic mass is 10.1. The highest BCUT2D eigenvalue weighted by molar-refractivity contribution is 5.78. The number of nitrogen functional groups attached to an aromatic ring is 1. The predicted molar refractivity (Wildman–Crippen MR) is 112 cm³/mol. The van der Waals surface area contributed by atoms with E-state index in [-0.39, 0.29) is 5.69 Å². The quantitative estimate of drug-likeness (QED) is 0.523. The normalized spacial score (nSPS) is 14.5. The van der Waals surface area contributed by atoms with E-state index in [2.05, 4.69) is 29.6 Å². The fourth-order valence-electron chi connectivity index (χ4n) is 3.81. The van der Waals surface area contributed by atoms with Gasteiger partial charge in [0.2, 0.25) is 0 Å². The number of para-hydroxylation sites is 2. The number of anilines is 4. The summed E-state index contributed by atoms with van der Waals surface area (Å²) in [6.45, 7) is 1.84. The molecule has 5 rings (SSSR count). The number of hydrogen-bond acceptors (Lipinski definition) is 3. The molecular weight excluding hydrogens is 375 g/mol. The first-order valence-electron chi connectivity index (χ1n) is 9.57. The van der Waals surface area contributed by atoms with E-state index in [1.54, 1.807) is 0 Å². The number of hydrogen-bond donors (Lipinski definition) is 2. The highest BCUT2D eigenvalue weighted by Gasteiger charge is 2.31. The summed E-state index contributed by atoms with van der Waals surface area (Å²) < 4.78 is 37.9. The van der Waals surface area contributed by atoms with Crippen LogP contribution in [-0.4, -0.2) is 13.1 Å². The smallest absolute Gasteiger partial charge is 0.397 e. The topological polar surface area (TPSA) is 41.3 Å². The van der Waals surface area contributed by atoms with Gasteiger partial charge >= 0.3 is 6.18 Å². The van der Waals surface area contributed by atoms with E-state index in [9.17, 15) is 13.2 Å². The number of nitrogens with two attached hydrogens (primary N) is 1. The Balaban J connectivity index is 0.000000188. The van der Waals surface area contributed by atoms with Crippen molar-refractivity contribution in [3.8, 4) is 0 Å². The summed E-state index contributed by atoms with van der Waals surface area (Å²) >= 11 is 0. The van der Waals surface area contributed by atoms with Crippen molar-refractivity contribution in [2.75, 3.05) is 29.0 Å². The van der Waals surface area contributed by atoms with Crippen LogP contribution in [0, 0.1) is 0 Å². The maximum atomic E-state index is 12.6.